The lowest BCUT2D eigenvalue weighted by Crippen LogP contribution is -2.45. The van der Waals surface area contributed by atoms with Gasteiger partial charge in [0, 0.05) is 0 Å². The maximum absolute atomic E-state index is 14.4. The molecule has 1 spiro atoms. The number of para-hydroxylation sites is 1. The molecule has 2 bridgehead atoms. The van der Waals surface area contributed by atoms with Gasteiger partial charge in [0.25, 0.3) is 0 Å². The van der Waals surface area contributed by atoms with Crippen LogP contribution >= 0.6 is 0 Å². The number of carbonyl (C=O) groups excluding carboxylic acids is 1. The van der Waals surface area contributed by atoms with Crippen LogP contribution < -0.4 is 4.90 Å². The zero-order valence-electron chi connectivity index (χ0n) is 13.7. The van der Waals surface area contributed by atoms with E-state index in [1.54, 1.807) is 24.3 Å². The van der Waals surface area contributed by atoms with E-state index in [0.29, 0.717) is 6.42 Å². The molecule has 3 heterocycles. The first-order chi connectivity index (χ1) is 11.9. The second-order valence-electron chi connectivity index (χ2n) is 6.97. The lowest BCUT2D eigenvalue weighted by molar-refractivity contribution is -0.146. The number of carbonyl (C=O) groups is 2. The number of aliphatic carboxylic acids is 1. The minimum absolute atomic E-state index is 0.145. The third kappa shape index (κ3) is 2.03. The van der Waals surface area contributed by atoms with E-state index in [4.69, 9.17) is 4.74 Å². The van der Waals surface area contributed by atoms with E-state index in [1.165, 1.54) is 17.0 Å². The number of amides is 1. The van der Waals surface area contributed by atoms with Crippen LogP contribution in [0.25, 0.3) is 0 Å². The predicted octanol–water partition coefficient (Wildman–Crippen LogP) is 2.53. The molecule has 3 aliphatic heterocycles. The number of nitrogens with zero attached hydrogens (tertiary/aromatic N) is 1. The first-order valence-corrected chi connectivity index (χ1v) is 8.19. The van der Waals surface area contributed by atoms with Crippen molar-refractivity contribution in [1.29, 1.82) is 0 Å². The lowest BCUT2D eigenvalue weighted by Gasteiger charge is -2.33. The molecule has 6 heteroatoms. The van der Waals surface area contributed by atoms with Crippen molar-refractivity contribution < 1.29 is 23.8 Å². The highest BCUT2D eigenvalue weighted by atomic mass is 19.1. The topological polar surface area (TPSA) is 66.8 Å². The highest BCUT2D eigenvalue weighted by Crippen LogP contribution is 2.56. The molecule has 0 saturated carbocycles. The minimum Gasteiger partial charge on any atom is -0.481 e. The minimum atomic E-state index is -1.07. The molecule has 1 aromatic carbocycles. The van der Waals surface area contributed by atoms with Gasteiger partial charge in [-0.05, 0) is 25.5 Å². The van der Waals surface area contributed by atoms with Gasteiger partial charge in [-0.25, -0.2) is 4.39 Å². The Labute approximate surface area is 144 Å². The fourth-order valence-electron chi connectivity index (χ4n) is 4.45. The van der Waals surface area contributed by atoms with Crippen molar-refractivity contribution in [3.05, 3.63) is 54.4 Å². The van der Waals surface area contributed by atoms with Crippen LogP contribution in [0.2, 0.25) is 0 Å². The maximum Gasteiger partial charge on any atom is 0.310 e. The fourth-order valence-corrected chi connectivity index (χ4v) is 4.45. The molecule has 130 valence electrons. The van der Waals surface area contributed by atoms with Crippen molar-refractivity contribution >= 4 is 17.6 Å². The number of hydrogen-bond acceptors (Lipinski definition) is 3. The molecule has 0 aromatic heterocycles. The molecule has 25 heavy (non-hydrogen) atoms. The monoisotopic (exact) mass is 343 g/mol. The number of carboxylic acids is 1. The van der Waals surface area contributed by atoms with E-state index in [9.17, 15) is 19.1 Å². The number of fused-ring (bicyclic) bond motifs is 1. The van der Waals surface area contributed by atoms with Crippen molar-refractivity contribution in [3.8, 4) is 0 Å². The average Bonchev–Trinajstić information content (AvgIpc) is 3.18. The van der Waals surface area contributed by atoms with Crippen LogP contribution in [0.4, 0.5) is 10.1 Å². The fraction of sp³-hybridized carbons (Fsp3) is 0.368. The van der Waals surface area contributed by atoms with Gasteiger partial charge in [-0.2, -0.15) is 0 Å². The molecule has 1 N–H and O–H groups in total. The van der Waals surface area contributed by atoms with Gasteiger partial charge in [0.15, 0.2) is 0 Å². The summed E-state index contributed by atoms with van der Waals surface area (Å²) in [5, 5.41) is 9.60. The van der Waals surface area contributed by atoms with Gasteiger partial charge in [-0.3, -0.25) is 9.59 Å². The van der Waals surface area contributed by atoms with E-state index < -0.39 is 47.3 Å². The lowest BCUT2D eigenvalue weighted by atomic mass is 9.74. The molecule has 0 unspecified atom stereocenters. The van der Waals surface area contributed by atoms with Crippen LogP contribution in [-0.2, 0) is 14.3 Å². The predicted molar refractivity (Wildman–Crippen MR) is 88.5 cm³/mol. The van der Waals surface area contributed by atoms with Gasteiger partial charge >= 0.3 is 5.97 Å². The standard InChI is InChI=1S/C19H18FNO4/c1-10(2)9-14-19-8-7-13(25-19)15(18(23)24)16(19)17(22)21(14)12-6-4-3-5-11(12)20/h3-8,13-16H,1,9H2,2H3,(H,23,24)/t13-,14+,15-,16+,19+/m0/s1. The maximum atomic E-state index is 14.4. The summed E-state index contributed by atoms with van der Waals surface area (Å²) < 4.78 is 20.4. The molecule has 4 rings (SSSR count). The van der Waals surface area contributed by atoms with E-state index in [-0.39, 0.29) is 5.69 Å². The Morgan fingerprint density at radius 3 is 2.80 bits per heavy atom. The Hall–Kier alpha value is -2.47. The summed E-state index contributed by atoms with van der Waals surface area (Å²) in [6, 6.07) is 5.49. The van der Waals surface area contributed by atoms with Crippen molar-refractivity contribution in [2.45, 2.75) is 31.1 Å². The Balaban J connectivity index is 1.87. The summed E-state index contributed by atoms with van der Waals surface area (Å²) in [4.78, 5) is 26.3. The normalized spacial score (nSPS) is 35.3. The summed E-state index contributed by atoms with van der Waals surface area (Å²) in [5.41, 5.74) is -0.0908. The highest BCUT2D eigenvalue weighted by Gasteiger charge is 2.71. The van der Waals surface area contributed by atoms with Crippen molar-refractivity contribution in [2.24, 2.45) is 11.8 Å². The smallest absolute Gasteiger partial charge is 0.310 e. The van der Waals surface area contributed by atoms with Crippen LogP contribution in [-0.4, -0.2) is 34.7 Å². The summed E-state index contributed by atoms with van der Waals surface area (Å²) in [6.07, 6.45) is 3.27. The van der Waals surface area contributed by atoms with Crippen LogP contribution in [0, 0.1) is 17.7 Å². The first kappa shape index (κ1) is 16.0. The van der Waals surface area contributed by atoms with Gasteiger partial charge in [-0.15, -0.1) is 6.58 Å². The molecule has 5 atom stereocenters. The van der Waals surface area contributed by atoms with Gasteiger partial charge in [-0.1, -0.05) is 29.9 Å². The molecule has 0 radical (unpaired) electrons. The van der Waals surface area contributed by atoms with Crippen molar-refractivity contribution in [2.75, 3.05) is 4.90 Å². The molecular weight excluding hydrogens is 325 g/mol. The quantitative estimate of drug-likeness (QED) is 0.853. The number of hydrogen-bond donors (Lipinski definition) is 1. The zero-order chi connectivity index (χ0) is 17.9. The van der Waals surface area contributed by atoms with Crippen LogP contribution in [0.1, 0.15) is 13.3 Å². The van der Waals surface area contributed by atoms with Gasteiger partial charge < -0.3 is 14.7 Å². The Morgan fingerprint density at radius 2 is 2.16 bits per heavy atom. The van der Waals surface area contributed by atoms with Crippen molar-refractivity contribution in [1.82, 2.24) is 0 Å². The largest absolute Gasteiger partial charge is 0.481 e. The average molecular weight is 343 g/mol. The summed E-state index contributed by atoms with van der Waals surface area (Å²) >= 11 is 0. The van der Waals surface area contributed by atoms with Gasteiger partial charge in [0.2, 0.25) is 5.91 Å². The number of halogens is 1. The second kappa shape index (κ2) is 5.26. The SMILES string of the molecule is C=C(C)C[C@H]1N(c2ccccc2F)C(=O)[C@H]2[C@@H](C(=O)O)[C@@H]3C=C[C@]21O3. The van der Waals surface area contributed by atoms with E-state index >= 15 is 0 Å². The van der Waals surface area contributed by atoms with E-state index in [2.05, 4.69) is 6.58 Å². The number of carboxylic acid groups (broad SMARTS) is 1. The number of anilines is 1. The molecule has 1 aromatic rings. The van der Waals surface area contributed by atoms with Gasteiger partial charge in [0.05, 0.1) is 23.8 Å². The van der Waals surface area contributed by atoms with Crippen molar-refractivity contribution in [3.63, 3.8) is 0 Å². The summed E-state index contributed by atoms with van der Waals surface area (Å²) in [6.45, 7) is 5.74. The highest BCUT2D eigenvalue weighted by molar-refractivity contribution is 6.03. The van der Waals surface area contributed by atoms with Crippen LogP contribution in [0.5, 0.6) is 0 Å². The first-order valence-electron chi connectivity index (χ1n) is 8.19. The number of benzene rings is 1. The Morgan fingerprint density at radius 1 is 1.44 bits per heavy atom. The summed E-state index contributed by atoms with van der Waals surface area (Å²) in [7, 11) is 0. The third-order valence-corrected chi connectivity index (χ3v) is 5.36. The van der Waals surface area contributed by atoms with Crippen LogP contribution in [0.3, 0.4) is 0 Å². The Bertz CT molecular complexity index is 819. The zero-order valence-corrected chi connectivity index (χ0v) is 13.7. The molecule has 1 amide bonds. The molecule has 0 aliphatic carbocycles. The summed E-state index contributed by atoms with van der Waals surface area (Å²) in [5.74, 6) is -3.81. The molecule has 2 saturated heterocycles. The molecular formula is C19H18FNO4. The van der Waals surface area contributed by atoms with Crippen LogP contribution in [0.15, 0.2) is 48.6 Å². The molecule has 5 nitrogen and oxygen atoms in total. The van der Waals surface area contributed by atoms with Gasteiger partial charge in [0.1, 0.15) is 17.3 Å². The number of ether oxygens (including phenoxy) is 1. The van der Waals surface area contributed by atoms with E-state index in [0.717, 1.165) is 5.57 Å². The Kier molecular flexibility index (Phi) is 3.37. The second-order valence-corrected chi connectivity index (χ2v) is 6.97. The van der Waals surface area contributed by atoms with E-state index in [1.807, 2.05) is 6.92 Å². The third-order valence-electron chi connectivity index (χ3n) is 5.36. The molecule has 3 aliphatic rings. The number of rotatable bonds is 4. The molecule has 2 fully saturated rings.